The molecule has 0 aliphatic carbocycles. The lowest BCUT2D eigenvalue weighted by molar-refractivity contribution is 0.287. The molecule has 0 unspecified atom stereocenters. The number of piperazine rings is 1. The van der Waals surface area contributed by atoms with Crippen molar-refractivity contribution in [1.82, 2.24) is 4.90 Å². The van der Waals surface area contributed by atoms with Crippen LogP contribution in [0.15, 0.2) is 29.2 Å². The monoisotopic (exact) mass is 280 g/mol. The van der Waals surface area contributed by atoms with Crippen LogP contribution in [-0.4, -0.2) is 46.0 Å². The highest BCUT2D eigenvalue weighted by Crippen LogP contribution is 2.18. The highest BCUT2D eigenvalue weighted by Gasteiger charge is 2.17. The van der Waals surface area contributed by atoms with Gasteiger partial charge >= 0.3 is 0 Å². The van der Waals surface area contributed by atoms with Crippen LogP contribution in [0.5, 0.6) is 0 Å². The molecule has 0 atom stereocenters. The van der Waals surface area contributed by atoms with Crippen molar-refractivity contribution in [3.05, 3.63) is 24.3 Å². The van der Waals surface area contributed by atoms with Gasteiger partial charge in [-0.15, -0.1) is 0 Å². The number of sulfonamides is 1. The lowest BCUT2D eigenvalue weighted by Gasteiger charge is -2.34. The lowest BCUT2D eigenvalue weighted by Crippen LogP contribution is -2.46. The van der Waals surface area contributed by atoms with Crippen LogP contribution in [0.1, 0.15) is 0 Å². The maximum Gasteiger partial charge on any atom is 0.238 e. The average Bonchev–Trinajstić information content (AvgIpc) is 2.39. The molecule has 1 fully saturated rings. The van der Waals surface area contributed by atoms with Gasteiger partial charge in [-0.25, -0.2) is 13.6 Å². The highest BCUT2D eigenvalue weighted by molar-refractivity contribution is 7.89. The van der Waals surface area contributed by atoms with E-state index in [1.807, 2.05) is 0 Å². The topological polar surface area (TPSA) is 90.4 Å². The van der Waals surface area contributed by atoms with Crippen LogP contribution in [0.4, 0.5) is 5.69 Å². The number of hydrogen-bond donors (Lipinski definition) is 1. The van der Waals surface area contributed by atoms with E-state index in [-0.39, 0.29) is 4.90 Å². The molecule has 102 valence electrons. The minimum Gasteiger partial charge on any atom is -0.369 e. The summed E-state index contributed by atoms with van der Waals surface area (Å²) in [6, 6.07) is 8.71. The van der Waals surface area contributed by atoms with Crippen LogP contribution in [-0.2, 0) is 10.0 Å². The fourth-order valence-corrected chi connectivity index (χ4v) is 2.63. The Labute approximate surface area is 113 Å². The van der Waals surface area contributed by atoms with Crippen molar-refractivity contribution in [2.75, 3.05) is 37.6 Å². The van der Waals surface area contributed by atoms with Gasteiger partial charge in [-0.3, -0.25) is 4.90 Å². The molecule has 2 N–H and O–H groups in total. The summed E-state index contributed by atoms with van der Waals surface area (Å²) in [5.74, 6) is 0. The van der Waals surface area contributed by atoms with Gasteiger partial charge in [0.15, 0.2) is 0 Å². The van der Waals surface area contributed by atoms with Gasteiger partial charge in [-0.1, -0.05) is 0 Å². The predicted molar refractivity (Wildman–Crippen MR) is 72.1 cm³/mol. The molecule has 0 aromatic heterocycles. The highest BCUT2D eigenvalue weighted by atomic mass is 32.2. The summed E-state index contributed by atoms with van der Waals surface area (Å²) in [6.45, 7) is 3.79. The molecule has 0 amide bonds. The molecule has 2 rings (SSSR count). The summed E-state index contributed by atoms with van der Waals surface area (Å²) in [5.41, 5.74) is 0.976. The second-order valence-electron chi connectivity index (χ2n) is 4.46. The molecular formula is C12H16N4O2S. The third kappa shape index (κ3) is 3.44. The summed E-state index contributed by atoms with van der Waals surface area (Å²) in [4.78, 5) is 4.38. The predicted octanol–water partition coefficient (Wildman–Crippen LogP) is -0.0204. The number of rotatable bonds is 3. The van der Waals surface area contributed by atoms with Crippen molar-refractivity contribution in [3.8, 4) is 6.07 Å². The molecule has 1 aliphatic rings. The van der Waals surface area contributed by atoms with E-state index in [1.165, 1.54) is 12.1 Å². The van der Waals surface area contributed by atoms with Gasteiger partial charge in [0, 0.05) is 31.9 Å². The van der Waals surface area contributed by atoms with E-state index in [4.69, 9.17) is 10.4 Å². The van der Waals surface area contributed by atoms with Crippen LogP contribution < -0.4 is 10.0 Å². The van der Waals surface area contributed by atoms with Crippen LogP contribution in [0, 0.1) is 11.3 Å². The van der Waals surface area contributed by atoms with Gasteiger partial charge in [-0.2, -0.15) is 5.26 Å². The van der Waals surface area contributed by atoms with Crippen LogP contribution in [0.3, 0.4) is 0 Å². The van der Waals surface area contributed by atoms with Crippen molar-refractivity contribution < 1.29 is 8.42 Å². The number of nitriles is 1. The van der Waals surface area contributed by atoms with Crippen molar-refractivity contribution >= 4 is 15.7 Å². The van der Waals surface area contributed by atoms with E-state index in [2.05, 4.69) is 15.9 Å². The summed E-state index contributed by atoms with van der Waals surface area (Å²) in [5, 5.41) is 13.7. The van der Waals surface area contributed by atoms with Crippen molar-refractivity contribution in [2.45, 2.75) is 4.90 Å². The zero-order valence-corrected chi connectivity index (χ0v) is 11.3. The Bertz CT molecular complexity index is 569. The molecule has 1 aromatic rings. The van der Waals surface area contributed by atoms with Gasteiger partial charge in [0.2, 0.25) is 10.0 Å². The summed E-state index contributed by atoms with van der Waals surface area (Å²) in [7, 11) is -3.63. The molecule has 1 aromatic carbocycles. The quantitative estimate of drug-likeness (QED) is 0.786. The lowest BCUT2D eigenvalue weighted by atomic mass is 10.2. The standard InChI is InChI=1S/C12H16N4O2S/c13-5-6-15-7-9-16(10-8-15)11-1-3-12(4-2-11)19(14,17)18/h1-4H,6-10H2,(H2,14,17,18). The Balaban J connectivity index is 2.03. The largest absolute Gasteiger partial charge is 0.369 e. The Kier molecular flexibility index (Phi) is 4.04. The first-order valence-electron chi connectivity index (χ1n) is 5.98. The molecular weight excluding hydrogens is 264 g/mol. The zero-order chi connectivity index (χ0) is 13.9. The maximum atomic E-state index is 11.2. The second kappa shape index (κ2) is 5.57. The van der Waals surface area contributed by atoms with Gasteiger partial charge < -0.3 is 4.90 Å². The minimum atomic E-state index is -3.63. The normalized spacial score (nSPS) is 17.2. The number of hydrogen-bond acceptors (Lipinski definition) is 5. The van der Waals surface area contributed by atoms with Crippen molar-refractivity contribution in [2.24, 2.45) is 5.14 Å². The third-order valence-corrected chi connectivity index (χ3v) is 4.13. The maximum absolute atomic E-state index is 11.2. The number of anilines is 1. The van der Waals surface area contributed by atoms with Crippen LogP contribution in [0.2, 0.25) is 0 Å². The van der Waals surface area contributed by atoms with E-state index >= 15 is 0 Å². The first-order valence-corrected chi connectivity index (χ1v) is 7.52. The summed E-state index contributed by atoms with van der Waals surface area (Å²) in [6.07, 6.45) is 0. The molecule has 1 aliphatic heterocycles. The fraction of sp³-hybridized carbons (Fsp3) is 0.417. The number of nitrogens with two attached hydrogens (primary N) is 1. The molecule has 0 radical (unpaired) electrons. The third-order valence-electron chi connectivity index (χ3n) is 3.20. The van der Waals surface area contributed by atoms with Crippen molar-refractivity contribution in [1.29, 1.82) is 5.26 Å². The molecule has 0 saturated carbocycles. The van der Waals surface area contributed by atoms with Gasteiger partial charge in [0.05, 0.1) is 17.5 Å². The zero-order valence-electron chi connectivity index (χ0n) is 10.5. The van der Waals surface area contributed by atoms with Crippen LogP contribution >= 0.6 is 0 Å². The first kappa shape index (κ1) is 13.8. The number of benzene rings is 1. The van der Waals surface area contributed by atoms with E-state index in [1.54, 1.807) is 12.1 Å². The minimum absolute atomic E-state index is 0.124. The average molecular weight is 280 g/mol. The molecule has 0 spiro atoms. The molecule has 19 heavy (non-hydrogen) atoms. The van der Waals surface area contributed by atoms with E-state index in [9.17, 15) is 8.42 Å². The van der Waals surface area contributed by atoms with E-state index in [0.29, 0.717) is 6.54 Å². The van der Waals surface area contributed by atoms with Gasteiger partial charge in [0.1, 0.15) is 0 Å². The second-order valence-corrected chi connectivity index (χ2v) is 6.02. The molecule has 1 heterocycles. The Morgan fingerprint density at radius 2 is 1.74 bits per heavy atom. The summed E-state index contributed by atoms with van der Waals surface area (Å²) < 4.78 is 22.3. The Morgan fingerprint density at radius 1 is 1.16 bits per heavy atom. The number of primary sulfonamides is 1. The Morgan fingerprint density at radius 3 is 2.21 bits per heavy atom. The molecule has 7 heteroatoms. The van der Waals surface area contributed by atoms with Crippen LogP contribution in [0.25, 0.3) is 0 Å². The number of nitrogens with zero attached hydrogens (tertiary/aromatic N) is 3. The molecule has 0 bridgehead atoms. The Hall–Kier alpha value is -1.62. The molecule has 1 saturated heterocycles. The van der Waals surface area contributed by atoms with Gasteiger partial charge in [0.25, 0.3) is 0 Å². The van der Waals surface area contributed by atoms with E-state index in [0.717, 1.165) is 31.9 Å². The van der Waals surface area contributed by atoms with Crippen molar-refractivity contribution in [3.63, 3.8) is 0 Å². The SMILES string of the molecule is N#CCN1CCN(c2ccc(S(N)(=O)=O)cc2)CC1. The van der Waals surface area contributed by atoms with Gasteiger partial charge in [-0.05, 0) is 24.3 Å². The fourth-order valence-electron chi connectivity index (χ4n) is 2.11. The molecule has 6 nitrogen and oxygen atoms in total. The first-order chi connectivity index (χ1) is 9.00. The van der Waals surface area contributed by atoms with E-state index < -0.39 is 10.0 Å². The summed E-state index contributed by atoms with van der Waals surface area (Å²) >= 11 is 0. The smallest absolute Gasteiger partial charge is 0.238 e.